The topological polar surface area (TPSA) is 63.4 Å². The number of hydrogen-bond donors (Lipinski definition) is 2. The fourth-order valence-corrected chi connectivity index (χ4v) is 2.74. The van der Waals surface area contributed by atoms with Crippen LogP contribution in [0.1, 0.15) is 12.5 Å². The number of rotatable bonds is 7. The number of fused-ring (bicyclic) bond motifs is 1. The maximum absolute atomic E-state index is 12.4. The third-order valence-corrected chi connectivity index (χ3v) is 3.95. The standard InChI is InChI=1S/C20H19F3N2O3/c1-13(26)25-17-11-24-16-7-6-14(10-15(16)17)8-9-27-18-4-2-3-5-19(18)28-12-20(21,22)23/h2-7,10-11,24H,8-9,12H2,1H3,(H,25,26). The Hall–Kier alpha value is -3.16. The first-order valence-corrected chi connectivity index (χ1v) is 8.61. The highest BCUT2D eigenvalue weighted by atomic mass is 19.4. The average molecular weight is 392 g/mol. The average Bonchev–Trinajstić information content (AvgIpc) is 3.02. The Balaban J connectivity index is 1.64. The highest BCUT2D eigenvalue weighted by Gasteiger charge is 2.28. The third-order valence-electron chi connectivity index (χ3n) is 3.95. The van der Waals surface area contributed by atoms with Crippen molar-refractivity contribution in [3.05, 3.63) is 54.2 Å². The highest BCUT2D eigenvalue weighted by Crippen LogP contribution is 2.29. The van der Waals surface area contributed by atoms with Crippen molar-refractivity contribution in [2.45, 2.75) is 19.5 Å². The number of nitrogens with one attached hydrogen (secondary N) is 2. The molecule has 5 nitrogen and oxygen atoms in total. The number of H-pyrrole nitrogens is 1. The molecule has 0 saturated carbocycles. The molecule has 0 atom stereocenters. The second kappa shape index (κ2) is 8.24. The van der Waals surface area contributed by atoms with E-state index in [4.69, 9.17) is 9.47 Å². The van der Waals surface area contributed by atoms with Crippen molar-refractivity contribution in [2.24, 2.45) is 0 Å². The lowest BCUT2D eigenvalue weighted by atomic mass is 10.1. The number of benzene rings is 2. The molecule has 0 aliphatic carbocycles. The Labute approximate surface area is 159 Å². The molecule has 0 fully saturated rings. The van der Waals surface area contributed by atoms with E-state index in [2.05, 4.69) is 10.3 Å². The van der Waals surface area contributed by atoms with Crippen molar-refractivity contribution < 1.29 is 27.4 Å². The van der Waals surface area contributed by atoms with Crippen molar-refractivity contribution >= 4 is 22.5 Å². The van der Waals surface area contributed by atoms with Crippen molar-refractivity contribution in [3.63, 3.8) is 0 Å². The summed E-state index contributed by atoms with van der Waals surface area (Å²) in [5, 5.41) is 3.64. The number of alkyl halides is 3. The fourth-order valence-electron chi connectivity index (χ4n) is 2.74. The number of carbonyl (C=O) groups is 1. The monoisotopic (exact) mass is 392 g/mol. The predicted octanol–water partition coefficient (Wildman–Crippen LogP) is 4.69. The van der Waals surface area contributed by atoms with E-state index in [1.807, 2.05) is 18.2 Å². The van der Waals surface area contributed by atoms with Gasteiger partial charge in [0.15, 0.2) is 18.1 Å². The second-order valence-electron chi connectivity index (χ2n) is 6.21. The van der Waals surface area contributed by atoms with E-state index in [1.54, 1.807) is 24.4 Å². The van der Waals surface area contributed by atoms with Gasteiger partial charge in [-0.1, -0.05) is 18.2 Å². The molecule has 0 bridgehead atoms. The summed E-state index contributed by atoms with van der Waals surface area (Å²) in [7, 11) is 0. The quantitative estimate of drug-likeness (QED) is 0.613. The molecule has 8 heteroatoms. The highest BCUT2D eigenvalue weighted by molar-refractivity contribution is 6.01. The van der Waals surface area contributed by atoms with Crippen LogP contribution in [0.4, 0.5) is 18.9 Å². The van der Waals surface area contributed by atoms with E-state index in [1.165, 1.54) is 13.0 Å². The van der Waals surface area contributed by atoms with Crippen LogP contribution in [0.3, 0.4) is 0 Å². The first kappa shape index (κ1) is 19.6. The van der Waals surface area contributed by atoms with E-state index >= 15 is 0 Å². The van der Waals surface area contributed by atoms with Crippen LogP contribution in [0.5, 0.6) is 11.5 Å². The molecular weight excluding hydrogens is 373 g/mol. The van der Waals surface area contributed by atoms with Crippen LogP contribution in [0.15, 0.2) is 48.7 Å². The zero-order valence-electron chi connectivity index (χ0n) is 15.1. The van der Waals surface area contributed by atoms with E-state index in [0.717, 1.165) is 16.5 Å². The van der Waals surface area contributed by atoms with Crippen LogP contribution in [-0.2, 0) is 11.2 Å². The normalized spacial score (nSPS) is 11.4. The number of halogens is 3. The number of aromatic nitrogens is 1. The Bertz CT molecular complexity index is 967. The third kappa shape index (κ3) is 5.18. The van der Waals surface area contributed by atoms with E-state index < -0.39 is 12.8 Å². The Morgan fingerprint density at radius 2 is 1.82 bits per heavy atom. The molecule has 3 rings (SSSR count). The van der Waals surface area contributed by atoms with Crippen LogP contribution in [-0.4, -0.2) is 30.3 Å². The smallest absolute Gasteiger partial charge is 0.422 e. The summed E-state index contributed by atoms with van der Waals surface area (Å²) in [6, 6.07) is 12.0. The minimum absolute atomic E-state index is 0.0499. The molecule has 28 heavy (non-hydrogen) atoms. The summed E-state index contributed by atoms with van der Waals surface area (Å²) in [5.74, 6) is 0.146. The zero-order chi connectivity index (χ0) is 20.1. The summed E-state index contributed by atoms with van der Waals surface area (Å²) >= 11 is 0. The summed E-state index contributed by atoms with van der Waals surface area (Å²) in [6.45, 7) is 0.329. The van der Waals surface area contributed by atoms with Crippen LogP contribution >= 0.6 is 0 Å². The van der Waals surface area contributed by atoms with Gasteiger partial charge in [-0.15, -0.1) is 0 Å². The molecule has 1 aromatic heterocycles. The summed E-state index contributed by atoms with van der Waals surface area (Å²) in [4.78, 5) is 14.4. The van der Waals surface area contributed by atoms with Gasteiger partial charge in [-0.25, -0.2) is 0 Å². The van der Waals surface area contributed by atoms with Gasteiger partial charge in [0.25, 0.3) is 0 Å². The van der Waals surface area contributed by atoms with Gasteiger partial charge in [-0.05, 0) is 29.8 Å². The van der Waals surface area contributed by atoms with Crippen molar-refractivity contribution in [2.75, 3.05) is 18.5 Å². The number of amides is 1. The van der Waals surface area contributed by atoms with E-state index in [9.17, 15) is 18.0 Å². The molecule has 0 radical (unpaired) electrons. The van der Waals surface area contributed by atoms with Crippen molar-refractivity contribution in [1.82, 2.24) is 4.98 Å². The molecule has 2 aromatic carbocycles. The van der Waals surface area contributed by atoms with Gasteiger partial charge >= 0.3 is 6.18 Å². The number of para-hydroxylation sites is 2. The molecule has 2 N–H and O–H groups in total. The molecule has 148 valence electrons. The van der Waals surface area contributed by atoms with Gasteiger partial charge in [0, 0.05) is 30.4 Å². The molecule has 0 aliphatic heterocycles. The SMILES string of the molecule is CC(=O)Nc1c[nH]c2ccc(CCOc3ccccc3OCC(F)(F)F)cc12. The second-order valence-corrected chi connectivity index (χ2v) is 6.21. The van der Waals surface area contributed by atoms with Gasteiger partial charge < -0.3 is 19.8 Å². The van der Waals surface area contributed by atoms with E-state index in [-0.39, 0.29) is 24.0 Å². The predicted molar refractivity (Wildman–Crippen MR) is 99.8 cm³/mol. The maximum atomic E-state index is 12.4. The molecular formula is C20H19F3N2O3. The number of aromatic amines is 1. The molecule has 0 unspecified atom stereocenters. The number of hydrogen-bond acceptors (Lipinski definition) is 3. The first-order valence-electron chi connectivity index (χ1n) is 8.61. The Morgan fingerprint density at radius 1 is 1.11 bits per heavy atom. The lowest BCUT2D eigenvalue weighted by Gasteiger charge is -2.14. The number of ether oxygens (including phenoxy) is 2. The minimum atomic E-state index is -4.41. The van der Waals surface area contributed by atoms with Gasteiger partial charge in [0.1, 0.15) is 0 Å². The Morgan fingerprint density at radius 3 is 2.50 bits per heavy atom. The zero-order valence-corrected chi connectivity index (χ0v) is 15.1. The van der Waals surface area contributed by atoms with Crippen LogP contribution in [0.25, 0.3) is 10.9 Å². The van der Waals surface area contributed by atoms with E-state index in [0.29, 0.717) is 12.1 Å². The molecule has 0 aliphatic rings. The molecule has 0 saturated heterocycles. The van der Waals surface area contributed by atoms with Crippen LogP contribution in [0.2, 0.25) is 0 Å². The lowest BCUT2D eigenvalue weighted by Crippen LogP contribution is -2.19. The number of anilines is 1. The summed E-state index contributed by atoms with van der Waals surface area (Å²) < 4.78 is 47.5. The van der Waals surface area contributed by atoms with Crippen LogP contribution in [0, 0.1) is 0 Å². The maximum Gasteiger partial charge on any atom is 0.422 e. The fraction of sp³-hybridized carbons (Fsp3) is 0.250. The summed E-state index contributed by atoms with van der Waals surface area (Å²) in [5.41, 5.74) is 2.54. The Kier molecular flexibility index (Phi) is 5.77. The van der Waals surface area contributed by atoms with Gasteiger partial charge in [0.05, 0.1) is 12.3 Å². The molecule has 0 spiro atoms. The van der Waals surface area contributed by atoms with Gasteiger partial charge in [-0.2, -0.15) is 13.2 Å². The molecule has 1 amide bonds. The van der Waals surface area contributed by atoms with Crippen molar-refractivity contribution in [1.29, 1.82) is 0 Å². The van der Waals surface area contributed by atoms with Gasteiger partial charge in [0.2, 0.25) is 5.91 Å². The minimum Gasteiger partial charge on any atom is -0.489 e. The summed E-state index contributed by atoms with van der Waals surface area (Å²) in [6.07, 6.45) is -2.15. The van der Waals surface area contributed by atoms with Gasteiger partial charge in [-0.3, -0.25) is 4.79 Å². The lowest BCUT2D eigenvalue weighted by molar-refractivity contribution is -0.153. The van der Waals surface area contributed by atoms with Crippen molar-refractivity contribution in [3.8, 4) is 11.5 Å². The van der Waals surface area contributed by atoms with Crippen LogP contribution < -0.4 is 14.8 Å². The largest absolute Gasteiger partial charge is 0.489 e. The number of carbonyl (C=O) groups excluding carboxylic acids is 1. The molecule has 1 heterocycles. The molecule has 3 aromatic rings. The first-order chi connectivity index (χ1) is 13.3.